The molecule has 1 aromatic carbocycles. The third-order valence-corrected chi connectivity index (χ3v) is 4.29. The first kappa shape index (κ1) is 14.0. The fourth-order valence-corrected chi connectivity index (χ4v) is 3.07. The number of aromatic nitrogens is 4. The average molecular weight is 323 g/mol. The highest BCUT2D eigenvalue weighted by Crippen LogP contribution is 2.32. The van der Waals surface area contributed by atoms with E-state index in [0.29, 0.717) is 0 Å². The summed E-state index contributed by atoms with van der Waals surface area (Å²) in [5.74, 6) is 0. The van der Waals surface area contributed by atoms with Gasteiger partial charge >= 0.3 is 0 Å². The quantitative estimate of drug-likeness (QED) is 0.567. The van der Waals surface area contributed by atoms with Crippen LogP contribution < -0.4 is 0 Å². The molecular formula is C18H15ClN4. The topological polar surface area (TPSA) is 57.4 Å². The molecule has 0 saturated carbocycles. The van der Waals surface area contributed by atoms with Gasteiger partial charge in [0.05, 0.1) is 11.4 Å². The summed E-state index contributed by atoms with van der Waals surface area (Å²) in [6.45, 7) is 2.15. The van der Waals surface area contributed by atoms with Crippen LogP contribution >= 0.6 is 11.6 Å². The summed E-state index contributed by atoms with van der Waals surface area (Å²) in [4.78, 5) is 15.1. The number of fused-ring (bicyclic) bond motifs is 1. The van der Waals surface area contributed by atoms with Crippen LogP contribution in [-0.4, -0.2) is 19.9 Å². The zero-order valence-corrected chi connectivity index (χ0v) is 13.4. The maximum Gasteiger partial charge on any atom is 0.141 e. The Bertz CT molecular complexity index is 984. The van der Waals surface area contributed by atoms with E-state index < -0.39 is 0 Å². The van der Waals surface area contributed by atoms with Crippen LogP contribution in [0.4, 0.5) is 0 Å². The third-order valence-electron chi connectivity index (χ3n) is 4.06. The first-order valence-corrected chi connectivity index (χ1v) is 7.89. The van der Waals surface area contributed by atoms with Gasteiger partial charge in [-0.15, -0.1) is 0 Å². The molecule has 0 aliphatic heterocycles. The van der Waals surface area contributed by atoms with Gasteiger partial charge in [0.15, 0.2) is 0 Å². The van der Waals surface area contributed by atoms with Crippen molar-refractivity contribution >= 4 is 22.6 Å². The zero-order chi connectivity index (χ0) is 15.8. The Labute approximate surface area is 138 Å². The Kier molecular flexibility index (Phi) is 3.39. The Morgan fingerprint density at radius 1 is 1.09 bits per heavy atom. The number of H-pyrrole nitrogens is 2. The summed E-state index contributed by atoms with van der Waals surface area (Å²) in [5.41, 5.74) is 6.23. The number of aryl methyl sites for hydroxylation is 1. The minimum atomic E-state index is 0.745. The van der Waals surface area contributed by atoms with E-state index in [1.165, 1.54) is 5.56 Å². The van der Waals surface area contributed by atoms with Crippen LogP contribution in [0.25, 0.3) is 33.5 Å². The molecular weight excluding hydrogens is 308 g/mol. The number of hydrogen-bond donors (Lipinski definition) is 2. The third kappa shape index (κ3) is 2.41. The van der Waals surface area contributed by atoms with Gasteiger partial charge in [0, 0.05) is 28.4 Å². The lowest BCUT2D eigenvalue weighted by Gasteiger charge is -2.06. The van der Waals surface area contributed by atoms with E-state index in [2.05, 4.69) is 39.0 Å². The van der Waals surface area contributed by atoms with Crippen molar-refractivity contribution < 1.29 is 0 Å². The monoisotopic (exact) mass is 322 g/mol. The molecule has 0 aliphatic carbocycles. The van der Waals surface area contributed by atoms with Crippen LogP contribution in [0.2, 0.25) is 5.02 Å². The largest absolute Gasteiger partial charge is 0.359 e. The van der Waals surface area contributed by atoms with Crippen molar-refractivity contribution in [3.63, 3.8) is 0 Å². The molecule has 5 heteroatoms. The fourth-order valence-electron chi connectivity index (χ4n) is 2.90. The lowest BCUT2D eigenvalue weighted by Crippen LogP contribution is -1.87. The lowest BCUT2D eigenvalue weighted by atomic mass is 10.00. The summed E-state index contributed by atoms with van der Waals surface area (Å²) >= 11 is 6.18. The summed E-state index contributed by atoms with van der Waals surface area (Å²) in [6, 6.07) is 10.1. The fraction of sp³-hybridized carbons (Fsp3) is 0.111. The molecule has 0 fully saturated rings. The van der Waals surface area contributed by atoms with Crippen molar-refractivity contribution in [2.75, 3.05) is 0 Å². The van der Waals surface area contributed by atoms with Crippen LogP contribution in [-0.2, 0) is 6.42 Å². The van der Waals surface area contributed by atoms with Crippen molar-refractivity contribution in [3.8, 4) is 22.5 Å². The Hall–Kier alpha value is -2.59. The minimum absolute atomic E-state index is 0.745. The highest BCUT2D eigenvalue weighted by Gasteiger charge is 2.12. The molecule has 0 amide bonds. The molecule has 0 saturated heterocycles. The number of hydrogen-bond acceptors (Lipinski definition) is 2. The molecule has 3 aromatic heterocycles. The smallest absolute Gasteiger partial charge is 0.141 e. The molecule has 3 heterocycles. The molecule has 0 atom stereocenters. The van der Waals surface area contributed by atoms with Crippen LogP contribution in [0.3, 0.4) is 0 Å². The van der Waals surface area contributed by atoms with Crippen LogP contribution in [0.1, 0.15) is 12.5 Å². The molecule has 0 radical (unpaired) electrons. The van der Waals surface area contributed by atoms with Gasteiger partial charge in [-0.25, -0.2) is 9.97 Å². The van der Waals surface area contributed by atoms with Gasteiger partial charge in [-0.05, 0) is 41.8 Å². The van der Waals surface area contributed by atoms with Gasteiger partial charge in [0.25, 0.3) is 0 Å². The maximum atomic E-state index is 6.18. The van der Waals surface area contributed by atoms with E-state index in [1.807, 2.05) is 30.6 Å². The molecule has 4 nitrogen and oxygen atoms in total. The van der Waals surface area contributed by atoms with E-state index in [-0.39, 0.29) is 0 Å². The van der Waals surface area contributed by atoms with Crippen LogP contribution in [0.5, 0.6) is 0 Å². The normalized spacial score (nSPS) is 11.2. The van der Waals surface area contributed by atoms with Gasteiger partial charge in [-0.1, -0.05) is 24.6 Å². The molecule has 0 bridgehead atoms. The number of nitrogens with zero attached hydrogens (tertiary/aromatic N) is 2. The number of nitrogens with one attached hydrogen (secondary N) is 2. The molecule has 114 valence electrons. The van der Waals surface area contributed by atoms with Crippen LogP contribution in [0, 0.1) is 0 Å². The predicted octanol–water partition coefficient (Wildman–Crippen LogP) is 4.84. The first-order chi connectivity index (χ1) is 11.3. The minimum Gasteiger partial charge on any atom is -0.359 e. The van der Waals surface area contributed by atoms with E-state index in [0.717, 1.165) is 45.0 Å². The predicted molar refractivity (Wildman–Crippen MR) is 93.5 cm³/mol. The number of aromatic amines is 2. The average Bonchev–Trinajstić information content (AvgIpc) is 3.23. The van der Waals surface area contributed by atoms with E-state index in [1.54, 1.807) is 6.33 Å². The van der Waals surface area contributed by atoms with Gasteiger partial charge in [-0.2, -0.15) is 0 Å². The highest BCUT2D eigenvalue weighted by atomic mass is 35.5. The molecule has 0 unspecified atom stereocenters. The van der Waals surface area contributed by atoms with E-state index in [4.69, 9.17) is 11.6 Å². The summed E-state index contributed by atoms with van der Waals surface area (Å²) in [6.07, 6.45) is 6.41. The molecule has 2 N–H and O–H groups in total. The SMILES string of the molecule is CCc1ccc(Cl)cc1-c1c[nH]c(-c2ncnc3[nH]ccc23)c1. The van der Waals surface area contributed by atoms with Crippen molar-refractivity contribution in [1.29, 1.82) is 0 Å². The lowest BCUT2D eigenvalue weighted by molar-refractivity contribution is 1.14. The van der Waals surface area contributed by atoms with Crippen molar-refractivity contribution in [2.24, 2.45) is 0 Å². The Morgan fingerprint density at radius 3 is 2.87 bits per heavy atom. The Morgan fingerprint density at radius 2 is 2.00 bits per heavy atom. The standard InChI is InChI=1S/C18H15ClN4/c1-2-11-3-4-13(19)8-15(11)12-7-16(21-9-12)17-14-5-6-20-18(14)23-10-22-17/h3-10,21H,2H2,1H3,(H,20,22,23). The second-order valence-electron chi connectivity index (χ2n) is 5.42. The van der Waals surface area contributed by atoms with Gasteiger partial charge < -0.3 is 9.97 Å². The van der Waals surface area contributed by atoms with Crippen molar-refractivity contribution in [3.05, 3.63) is 59.6 Å². The van der Waals surface area contributed by atoms with Gasteiger partial charge in [0.1, 0.15) is 12.0 Å². The summed E-state index contributed by atoms with van der Waals surface area (Å²) in [5, 5.41) is 1.75. The second kappa shape index (κ2) is 5.56. The second-order valence-corrected chi connectivity index (χ2v) is 5.86. The molecule has 23 heavy (non-hydrogen) atoms. The van der Waals surface area contributed by atoms with Gasteiger partial charge in [-0.3, -0.25) is 0 Å². The summed E-state index contributed by atoms with van der Waals surface area (Å²) < 4.78 is 0. The van der Waals surface area contributed by atoms with Gasteiger partial charge in [0.2, 0.25) is 0 Å². The molecule has 4 aromatic rings. The van der Waals surface area contributed by atoms with Crippen molar-refractivity contribution in [2.45, 2.75) is 13.3 Å². The molecule has 0 aliphatic rings. The van der Waals surface area contributed by atoms with Crippen molar-refractivity contribution in [1.82, 2.24) is 19.9 Å². The number of rotatable bonds is 3. The number of benzene rings is 1. The summed E-state index contributed by atoms with van der Waals surface area (Å²) in [7, 11) is 0. The van der Waals surface area contributed by atoms with E-state index >= 15 is 0 Å². The first-order valence-electron chi connectivity index (χ1n) is 7.52. The Balaban J connectivity index is 1.84. The maximum absolute atomic E-state index is 6.18. The highest BCUT2D eigenvalue weighted by molar-refractivity contribution is 6.30. The van der Waals surface area contributed by atoms with Crippen LogP contribution in [0.15, 0.2) is 49.1 Å². The zero-order valence-electron chi connectivity index (χ0n) is 12.6. The van der Waals surface area contributed by atoms with E-state index in [9.17, 15) is 0 Å². The molecule has 4 rings (SSSR count). The number of halogens is 1. The molecule has 0 spiro atoms.